The lowest BCUT2D eigenvalue weighted by atomic mass is 9.44. The molecule has 0 bridgehead atoms. The third-order valence-electron chi connectivity index (χ3n) is 10.8. The van der Waals surface area contributed by atoms with Gasteiger partial charge in [-0.25, -0.2) is 4.79 Å². The lowest BCUT2D eigenvalue weighted by molar-refractivity contribution is -0.137. The van der Waals surface area contributed by atoms with E-state index in [1.165, 1.54) is 6.08 Å². The monoisotopic (exact) mass is 622 g/mol. The third-order valence-corrected chi connectivity index (χ3v) is 10.8. The number of hydrogen-bond donors (Lipinski definition) is 2. The van der Waals surface area contributed by atoms with Gasteiger partial charge >= 0.3 is 6.03 Å². The molecule has 0 radical (unpaired) electrons. The number of carbonyl (C=O) groups is 5. The van der Waals surface area contributed by atoms with Crippen LogP contribution in [0.3, 0.4) is 0 Å². The molecule has 1 saturated carbocycles. The summed E-state index contributed by atoms with van der Waals surface area (Å²) >= 11 is 0. The van der Waals surface area contributed by atoms with Gasteiger partial charge in [0.05, 0.1) is 17.3 Å². The second-order valence-corrected chi connectivity index (χ2v) is 12.9. The second kappa shape index (κ2) is 10.5. The smallest absolute Gasteiger partial charge is 0.328 e. The van der Waals surface area contributed by atoms with Gasteiger partial charge in [-0.3, -0.25) is 19.2 Å². The number of fused-ring (bicyclic) bond motifs is 5. The summed E-state index contributed by atoms with van der Waals surface area (Å²) in [6.45, 7) is 0. The SMILES string of the molecule is NC(=O)N1C(=O)[C@H]2[C@H](CC=C3[C@H]2C[C@H]2C(=O)C(c4ccccc4)=CC(=O)[C@@]2(c2ccccc2)[C@H]3c2ccc(O)c3ccccc23)C1=O. The van der Waals surface area contributed by atoms with Crippen LogP contribution in [-0.2, 0) is 24.6 Å². The van der Waals surface area contributed by atoms with Crippen molar-refractivity contribution in [2.24, 2.45) is 29.4 Å². The van der Waals surface area contributed by atoms with Gasteiger partial charge < -0.3 is 10.8 Å². The molecule has 1 saturated heterocycles. The number of primary amides is 1. The number of benzene rings is 4. The fourth-order valence-electron chi connectivity index (χ4n) is 8.99. The van der Waals surface area contributed by atoms with E-state index in [1.54, 1.807) is 30.3 Å². The van der Waals surface area contributed by atoms with Gasteiger partial charge in [0, 0.05) is 22.8 Å². The van der Waals surface area contributed by atoms with Gasteiger partial charge in [0.2, 0.25) is 11.8 Å². The standard InChI is InChI=1S/C39H30N2O6/c40-38(47)41-36(45)27-16-15-26-29(33(27)37(41)46)19-30-35(44)28(21-9-3-1-4-10-21)20-32(43)39(30,22-11-5-2-6-12-22)34(26)25-17-18-31(42)24-14-8-7-13-23(24)25/h1-15,17-18,20,27,29-30,33-34,42H,16,19H2,(H2,40,47)/t27-,29+,30-,33-,34-,39-/m0/s1. The normalized spacial score (nSPS) is 28.3. The van der Waals surface area contributed by atoms with Gasteiger partial charge in [0.25, 0.3) is 0 Å². The topological polar surface area (TPSA) is 135 Å². The van der Waals surface area contributed by atoms with Crippen LogP contribution < -0.4 is 5.73 Å². The molecule has 8 nitrogen and oxygen atoms in total. The number of ketones is 2. The maximum atomic E-state index is 15.1. The molecule has 47 heavy (non-hydrogen) atoms. The van der Waals surface area contributed by atoms with Crippen LogP contribution in [0, 0.1) is 23.7 Å². The fourth-order valence-corrected chi connectivity index (χ4v) is 8.99. The molecule has 0 spiro atoms. The Balaban J connectivity index is 1.45. The van der Waals surface area contributed by atoms with Crippen molar-refractivity contribution in [3.63, 3.8) is 0 Å². The van der Waals surface area contributed by atoms with Crippen molar-refractivity contribution in [2.75, 3.05) is 0 Å². The molecule has 1 heterocycles. The molecule has 4 aromatic rings. The molecular weight excluding hydrogens is 592 g/mol. The first-order valence-corrected chi connectivity index (χ1v) is 15.7. The molecule has 3 aliphatic carbocycles. The number of phenols is 1. The van der Waals surface area contributed by atoms with Crippen LogP contribution >= 0.6 is 0 Å². The molecular formula is C39H30N2O6. The van der Waals surface area contributed by atoms with Gasteiger partial charge in [0.1, 0.15) is 5.75 Å². The molecule has 4 amide bonds. The van der Waals surface area contributed by atoms with E-state index in [4.69, 9.17) is 5.73 Å². The molecule has 232 valence electrons. The fraction of sp³-hybridized carbons (Fsp3) is 0.205. The van der Waals surface area contributed by atoms with Crippen molar-refractivity contribution in [3.8, 4) is 5.75 Å². The first kappa shape index (κ1) is 28.8. The van der Waals surface area contributed by atoms with E-state index in [1.807, 2.05) is 72.8 Å². The summed E-state index contributed by atoms with van der Waals surface area (Å²) in [6, 6.07) is 28.0. The summed E-state index contributed by atoms with van der Waals surface area (Å²) in [5.41, 5.74) is 7.20. The Labute approximate surface area is 270 Å². The van der Waals surface area contributed by atoms with Crippen molar-refractivity contribution >= 4 is 45.8 Å². The largest absolute Gasteiger partial charge is 0.507 e. The number of nitrogens with zero attached hydrogens (tertiary/aromatic N) is 1. The Morgan fingerprint density at radius 2 is 1.45 bits per heavy atom. The average molecular weight is 623 g/mol. The number of rotatable bonds is 3. The molecule has 0 aromatic heterocycles. The zero-order valence-electron chi connectivity index (χ0n) is 25.2. The van der Waals surface area contributed by atoms with E-state index < -0.39 is 52.8 Å². The number of urea groups is 1. The van der Waals surface area contributed by atoms with E-state index in [9.17, 15) is 24.3 Å². The minimum absolute atomic E-state index is 0.0747. The molecule has 2 fully saturated rings. The summed E-state index contributed by atoms with van der Waals surface area (Å²) in [7, 11) is 0. The summed E-state index contributed by atoms with van der Waals surface area (Å²) < 4.78 is 0. The predicted octanol–water partition coefficient (Wildman–Crippen LogP) is 5.45. The van der Waals surface area contributed by atoms with Crippen LogP contribution in [0.25, 0.3) is 16.3 Å². The molecule has 6 atom stereocenters. The Morgan fingerprint density at radius 3 is 2.15 bits per heavy atom. The second-order valence-electron chi connectivity index (χ2n) is 12.9. The number of likely N-dealkylation sites (tertiary alicyclic amines) is 1. The van der Waals surface area contributed by atoms with Crippen molar-refractivity contribution in [2.45, 2.75) is 24.2 Å². The van der Waals surface area contributed by atoms with Crippen molar-refractivity contribution in [1.82, 2.24) is 4.90 Å². The highest BCUT2D eigenvalue weighted by atomic mass is 16.3. The van der Waals surface area contributed by atoms with Crippen LogP contribution in [0.5, 0.6) is 5.75 Å². The number of hydrogen-bond acceptors (Lipinski definition) is 6. The first-order valence-electron chi connectivity index (χ1n) is 15.7. The molecule has 0 unspecified atom stereocenters. The lowest BCUT2D eigenvalue weighted by Crippen LogP contribution is -2.58. The van der Waals surface area contributed by atoms with E-state index in [2.05, 4.69) is 0 Å². The Hall–Kier alpha value is -5.63. The highest BCUT2D eigenvalue weighted by Gasteiger charge is 2.66. The van der Waals surface area contributed by atoms with E-state index in [0.29, 0.717) is 32.4 Å². The number of Topliss-reactive ketones (excluding diaryl/α,β-unsaturated/α-hetero) is 1. The summed E-state index contributed by atoms with van der Waals surface area (Å²) in [5, 5.41) is 12.2. The zero-order chi connectivity index (χ0) is 32.6. The molecule has 1 aliphatic heterocycles. The average Bonchev–Trinajstić information content (AvgIpc) is 3.36. The van der Waals surface area contributed by atoms with Crippen LogP contribution in [0.4, 0.5) is 4.79 Å². The minimum Gasteiger partial charge on any atom is -0.507 e. The number of aromatic hydroxyl groups is 1. The quantitative estimate of drug-likeness (QED) is 0.231. The van der Waals surface area contributed by atoms with Gasteiger partial charge in [-0.2, -0.15) is 4.90 Å². The first-order chi connectivity index (χ1) is 22.7. The maximum absolute atomic E-state index is 15.1. The lowest BCUT2D eigenvalue weighted by Gasteiger charge is -2.55. The predicted molar refractivity (Wildman–Crippen MR) is 174 cm³/mol. The number of carbonyl (C=O) groups excluding carboxylic acids is 5. The van der Waals surface area contributed by atoms with Gasteiger partial charge in [-0.1, -0.05) is 103 Å². The summed E-state index contributed by atoms with van der Waals surface area (Å²) in [4.78, 5) is 70.2. The van der Waals surface area contributed by atoms with Crippen molar-refractivity contribution in [3.05, 3.63) is 131 Å². The Kier molecular flexibility index (Phi) is 6.41. The van der Waals surface area contributed by atoms with Crippen LogP contribution in [0.15, 0.2) is 115 Å². The zero-order valence-corrected chi connectivity index (χ0v) is 25.2. The van der Waals surface area contributed by atoms with E-state index in [0.717, 1.165) is 11.1 Å². The van der Waals surface area contributed by atoms with Gasteiger partial charge in [0.15, 0.2) is 11.6 Å². The number of allylic oxidation sites excluding steroid dienone is 4. The highest BCUT2D eigenvalue weighted by molar-refractivity contribution is 6.32. The molecule has 4 aromatic carbocycles. The van der Waals surface area contributed by atoms with E-state index in [-0.39, 0.29) is 30.2 Å². The highest BCUT2D eigenvalue weighted by Crippen LogP contribution is 2.64. The third kappa shape index (κ3) is 3.91. The molecule has 8 heteroatoms. The summed E-state index contributed by atoms with van der Waals surface area (Å²) in [5.74, 6) is -5.68. The van der Waals surface area contributed by atoms with Crippen molar-refractivity contribution in [1.29, 1.82) is 0 Å². The minimum atomic E-state index is -1.40. The maximum Gasteiger partial charge on any atom is 0.328 e. The van der Waals surface area contributed by atoms with Crippen LogP contribution in [0.1, 0.15) is 35.4 Å². The van der Waals surface area contributed by atoms with Crippen molar-refractivity contribution < 1.29 is 29.1 Å². The number of phenolic OH excluding ortho intramolecular Hbond substituents is 1. The Morgan fingerprint density at radius 1 is 0.787 bits per heavy atom. The molecule has 3 N–H and O–H groups in total. The molecule has 8 rings (SSSR count). The number of nitrogens with two attached hydrogens (primary N) is 1. The number of amides is 4. The van der Waals surface area contributed by atoms with Gasteiger partial charge in [-0.05, 0) is 53.0 Å². The Bertz CT molecular complexity index is 2100. The van der Waals surface area contributed by atoms with E-state index >= 15 is 4.79 Å². The molecule has 4 aliphatic rings. The summed E-state index contributed by atoms with van der Waals surface area (Å²) in [6.07, 6.45) is 3.71. The van der Waals surface area contributed by atoms with Crippen LogP contribution in [-0.4, -0.2) is 39.4 Å². The van der Waals surface area contributed by atoms with Crippen LogP contribution in [0.2, 0.25) is 0 Å². The van der Waals surface area contributed by atoms with Gasteiger partial charge in [-0.15, -0.1) is 0 Å². The number of imide groups is 3.